The summed E-state index contributed by atoms with van der Waals surface area (Å²) in [5.74, 6) is -3.62. The number of aryl methyl sites for hydroxylation is 2. The molecule has 252 valence electrons. The average molecular weight is 660 g/mol. The lowest BCUT2D eigenvalue weighted by Gasteiger charge is -2.31. The van der Waals surface area contributed by atoms with E-state index >= 15 is 13.2 Å². The van der Waals surface area contributed by atoms with Crippen LogP contribution in [0.3, 0.4) is 0 Å². The summed E-state index contributed by atoms with van der Waals surface area (Å²) in [5.41, 5.74) is 1.70. The summed E-state index contributed by atoms with van der Waals surface area (Å²) in [4.78, 5) is 33.2. The number of carboxylic acids is 1. The molecule has 1 unspecified atom stereocenters. The van der Waals surface area contributed by atoms with Crippen molar-refractivity contribution in [1.29, 1.82) is 0 Å². The molecule has 0 spiro atoms. The SMILES string of the molecule is C=N/C=C1\c2cc(ccc2F)Oc2c(F)cc3[nH]ccc3c2CCC(=O)N(C)CCC(C)(C)CCC1c1cccc(CCC(=O)O)c1F. The summed E-state index contributed by atoms with van der Waals surface area (Å²) in [6, 6.07) is 12.0. The van der Waals surface area contributed by atoms with Gasteiger partial charge >= 0.3 is 5.97 Å². The van der Waals surface area contributed by atoms with Gasteiger partial charge in [0.25, 0.3) is 0 Å². The number of benzene rings is 3. The van der Waals surface area contributed by atoms with E-state index in [1.54, 1.807) is 42.4 Å². The van der Waals surface area contributed by atoms with Crippen LogP contribution in [0.5, 0.6) is 11.5 Å². The maximum Gasteiger partial charge on any atom is 0.303 e. The second-order valence-electron chi connectivity index (χ2n) is 13.2. The number of carboxylic acid groups (broad SMARTS) is 1. The number of hydrogen-bond acceptors (Lipinski definition) is 4. The monoisotopic (exact) mass is 659 g/mol. The quantitative estimate of drug-likeness (QED) is 0.209. The Morgan fingerprint density at radius 1 is 1.12 bits per heavy atom. The third-order valence-electron chi connectivity index (χ3n) is 9.28. The molecule has 4 aromatic rings. The molecular formula is C38H40F3N3O4. The second-order valence-corrected chi connectivity index (χ2v) is 13.2. The van der Waals surface area contributed by atoms with Crippen molar-refractivity contribution in [2.24, 2.45) is 10.4 Å². The van der Waals surface area contributed by atoms with Gasteiger partial charge in [-0.3, -0.25) is 14.6 Å². The lowest BCUT2D eigenvalue weighted by atomic mass is 9.76. The summed E-state index contributed by atoms with van der Waals surface area (Å²) in [5, 5.41) is 9.94. The molecule has 1 aliphatic heterocycles. The molecule has 0 saturated heterocycles. The van der Waals surface area contributed by atoms with Crippen LogP contribution in [0.4, 0.5) is 13.2 Å². The number of aromatic nitrogens is 1. The molecule has 2 N–H and O–H groups in total. The highest BCUT2D eigenvalue weighted by Crippen LogP contribution is 2.44. The third-order valence-corrected chi connectivity index (χ3v) is 9.28. The number of fused-ring (bicyclic) bond motifs is 5. The number of hydrogen-bond donors (Lipinski definition) is 2. The van der Waals surface area contributed by atoms with Crippen molar-refractivity contribution in [2.75, 3.05) is 13.6 Å². The Morgan fingerprint density at radius 2 is 1.92 bits per heavy atom. The van der Waals surface area contributed by atoms with E-state index in [-0.39, 0.29) is 65.2 Å². The molecular weight excluding hydrogens is 619 g/mol. The Kier molecular flexibility index (Phi) is 10.4. The Labute approximate surface area is 278 Å². The number of amides is 1. The number of H-pyrrole nitrogens is 1. The maximum atomic E-state index is 16.2. The smallest absolute Gasteiger partial charge is 0.303 e. The van der Waals surface area contributed by atoms with Gasteiger partial charge in [0, 0.05) is 72.8 Å². The zero-order valence-corrected chi connectivity index (χ0v) is 27.4. The van der Waals surface area contributed by atoms with Crippen LogP contribution >= 0.6 is 0 Å². The summed E-state index contributed by atoms with van der Waals surface area (Å²) < 4.78 is 53.9. The van der Waals surface area contributed by atoms with Gasteiger partial charge in [0.2, 0.25) is 5.91 Å². The molecule has 1 atom stereocenters. The molecule has 1 aromatic heterocycles. The fourth-order valence-corrected chi connectivity index (χ4v) is 6.39. The van der Waals surface area contributed by atoms with Crippen molar-refractivity contribution in [3.05, 3.63) is 101 Å². The molecule has 0 fully saturated rings. The number of rotatable bonds is 5. The fraction of sp³-hybridized carbons (Fsp3) is 0.342. The van der Waals surface area contributed by atoms with Crippen LogP contribution < -0.4 is 4.74 Å². The van der Waals surface area contributed by atoms with E-state index < -0.39 is 29.3 Å². The Balaban J connectivity index is 1.68. The van der Waals surface area contributed by atoms with Crippen LogP contribution in [0.2, 0.25) is 0 Å². The first-order chi connectivity index (χ1) is 22.9. The van der Waals surface area contributed by atoms with E-state index in [1.807, 2.05) is 0 Å². The standard InChI is InChI=1S/C38H40F3N3O4/c1-38(2)16-14-25(27-7-5-6-23(36(27)41)8-13-35(46)47)30(22-42-3)29-20-24(9-11-31(29)39)48-37-28(10-12-34(45)44(4)19-17-38)26-15-18-43-33(26)21-32(37)40/h5-7,9,11,15,18,20-22,25,43H,3,8,10,12-14,16-17,19H2,1-2,4H3,(H,46,47)/b30-22-. The number of allylic oxidation sites excluding steroid dienone is 1. The van der Waals surface area contributed by atoms with Crippen molar-refractivity contribution in [2.45, 2.75) is 64.7 Å². The van der Waals surface area contributed by atoms with Gasteiger partial charge in [0.15, 0.2) is 11.6 Å². The van der Waals surface area contributed by atoms with Gasteiger partial charge in [0.1, 0.15) is 17.4 Å². The van der Waals surface area contributed by atoms with Gasteiger partial charge in [-0.2, -0.15) is 0 Å². The number of aromatic amines is 1. The topological polar surface area (TPSA) is 95.0 Å². The normalized spacial score (nSPS) is 18.3. The van der Waals surface area contributed by atoms with Gasteiger partial charge in [-0.25, -0.2) is 13.2 Å². The van der Waals surface area contributed by atoms with Crippen LogP contribution in [0.25, 0.3) is 16.5 Å². The minimum absolute atomic E-state index is 0.0105. The highest BCUT2D eigenvalue weighted by Gasteiger charge is 2.29. The number of carbonyl (C=O) groups is 2. The van der Waals surface area contributed by atoms with Crippen LogP contribution in [-0.2, 0) is 22.4 Å². The largest absolute Gasteiger partial charge is 0.481 e. The Morgan fingerprint density at radius 3 is 2.67 bits per heavy atom. The molecule has 2 bridgehead atoms. The molecule has 10 heteroatoms. The minimum atomic E-state index is -1.05. The number of halogens is 3. The number of nitrogens with zero attached hydrogens (tertiary/aromatic N) is 2. The lowest BCUT2D eigenvalue weighted by molar-refractivity contribution is -0.137. The predicted octanol–water partition coefficient (Wildman–Crippen LogP) is 8.82. The van der Waals surface area contributed by atoms with Gasteiger partial charge in [-0.1, -0.05) is 32.0 Å². The van der Waals surface area contributed by atoms with E-state index in [0.29, 0.717) is 47.8 Å². The van der Waals surface area contributed by atoms with Crippen LogP contribution in [-0.4, -0.2) is 47.2 Å². The zero-order valence-electron chi connectivity index (χ0n) is 27.4. The van der Waals surface area contributed by atoms with Crippen molar-refractivity contribution in [3.8, 4) is 11.5 Å². The fourth-order valence-electron chi connectivity index (χ4n) is 6.39. The number of aliphatic imine (C=N–C) groups is 1. The van der Waals surface area contributed by atoms with E-state index in [9.17, 15) is 14.7 Å². The Bertz CT molecular complexity index is 1880. The number of carbonyl (C=O) groups excluding carboxylic acids is 1. The first kappa shape index (κ1) is 34.5. The molecule has 1 amide bonds. The molecule has 0 aliphatic carbocycles. The van der Waals surface area contributed by atoms with Crippen LogP contribution in [0.1, 0.15) is 74.1 Å². The molecule has 3 aromatic carbocycles. The van der Waals surface area contributed by atoms with Gasteiger partial charge in [-0.05, 0) is 85.2 Å². The Hall–Kier alpha value is -4.86. The highest BCUT2D eigenvalue weighted by atomic mass is 19.1. The van der Waals surface area contributed by atoms with Gasteiger partial charge in [-0.15, -0.1) is 0 Å². The molecule has 48 heavy (non-hydrogen) atoms. The van der Waals surface area contributed by atoms with Gasteiger partial charge in [0.05, 0.1) is 0 Å². The van der Waals surface area contributed by atoms with E-state index in [2.05, 4.69) is 30.5 Å². The third kappa shape index (κ3) is 7.64. The van der Waals surface area contributed by atoms with Crippen molar-refractivity contribution >= 4 is 35.1 Å². The zero-order chi connectivity index (χ0) is 34.6. The number of nitrogens with one attached hydrogen (secondary N) is 1. The molecule has 2 heterocycles. The summed E-state index contributed by atoms with van der Waals surface area (Å²) >= 11 is 0. The average Bonchev–Trinajstić information content (AvgIpc) is 3.51. The number of ether oxygens (including phenoxy) is 1. The second kappa shape index (κ2) is 14.5. The number of aliphatic carboxylic acids is 1. The summed E-state index contributed by atoms with van der Waals surface area (Å²) in [6.45, 7) is 8.22. The lowest BCUT2D eigenvalue weighted by Crippen LogP contribution is -2.31. The highest BCUT2D eigenvalue weighted by molar-refractivity contribution is 5.87. The van der Waals surface area contributed by atoms with Crippen LogP contribution in [0.15, 0.2) is 65.9 Å². The summed E-state index contributed by atoms with van der Waals surface area (Å²) in [7, 11) is 1.74. The molecule has 1 aliphatic rings. The first-order valence-corrected chi connectivity index (χ1v) is 16.0. The van der Waals surface area contributed by atoms with Crippen molar-refractivity contribution in [1.82, 2.24) is 9.88 Å². The van der Waals surface area contributed by atoms with E-state index in [4.69, 9.17) is 4.74 Å². The van der Waals surface area contributed by atoms with Crippen molar-refractivity contribution in [3.63, 3.8) is 0 Å². The predicted molar refractivity (Wildman–Crippen MR) is 181 cm³/mol. The van der Waals surface area contributed by atoms with Gasteiger partial charge < -0.3 is 19.7 Å². The summed E-state index contributed by atoms with van der Waals surface area (Å²) in [6.07, 6.45) is 4.77. The molecule has 0 radical (unpaired) electrons. The van der Waals surface area contributed by atoms with Crippen LogP contribution in [0, 0.1) is 22.9 Å². The van der Waals surface area contributed by atoms with Crippen molar-refractivity contribution < 1.29 is 32.6 Å². The van der Waals surface area contributed by atoms with E-state index in [1.165, 1.54) is 30.5 Å². The molecule has 0 saturated carbocycles. The molecule has 7 nitrogen and oxygen atoms in total. The maximum absolute atomic E-state index is 16.2. The molecule has 5 rings (SSSR count). The first-order valence-electron chi connectivity index (χ1n) is 16.0. The minimum Gasteiger partial charge on any atom is -0.481 e. The van der Waals surface area contributed by atoms with E-state index in [0.717, 1.165) is 0 Å².